The molecule has 0 radical (unpaired) electrons. The molecular weight excluding hydrogens is 369 g/mol. The summed E-state index contributed by atoms with van der Waals surface area (Å²) in [6.07, 6.45) is 0.721. The number of hydrogen-bond donors (Lipinski definition) is 0. The molecule has 1 aliphatic rings. The molecule has 27 heavy (non-hydrogen) atoms. The van der Waals surface area contributed by atoms with Crippen molar-refractivity contribution in [3.63, 3.8) is 0 Å². The largest absolute Gasteiger partial charge is 0.307 e. The van der Waals surface area contributed by atoms with Gasteiger partial charge in [0, 0.05) is 25.8 Å². The smallest absolute Gasteiger partial charge is 0.304 e. The van der Waals surface area contributed by atoms with Crippen LogP contribution in [0.5, 0.6) is 0 Å². The van der Waals surface area contributed by atoms with Crippen molar-refractivity contribution >= 4 is 27.5 Å². The molecule has 1 atom stereocenters. The fourth-order valence-electron chi connectivity index (χ4n) is 3.26. The van der Waals surface area contributed by atoms with E-state index in [9.17, 15) is 17.6 Å². The van der Waals surface area contributed by atoms with Gasteiger partial charge in [0.1, 0.15) is 12.4 Å². The van der Waals surface area contributed by atoms with Crippen molar-refractivity contribution in [1.29, 1.82) is 0 Å². The van der Waals surface area contributed by atoms with Gasteiger partial charge in [-0.3, -0.25) is 4.79 Å². The second-order valence-corrected chi connectivity index (χ2v) is 8.79. The van der Waals surface area contributed by atoms with Gasteiger partial charge in [-0.15, -0.1) is 0 Å². The Hall–Kier alpha value is -2.45. The van der Waals surface area contributed by atoms with Gasteiger partial charge in [0.05, 0.1) is 5.69 Å². The Balaban J connectivity index is 1.95. The predicted octanol–water partition coefficient (Wildman–Crippen LogP) is 2.42. The Bertz CT molecular complexity index is 945. The Labute approximate surface area is 159 Å². The van der Waals surface area contributed by atoms with Crippen LogP contribution < -0.4 is 9.21 Å². The van der Waals surface area contributed by atoms with Crippen LogP contribution >= 0.6 is 0 Å². The minimum Gasteiger partial charge on any atom is -0.307 e. The molecule has 1 aliphatic heterocycles. The summed E-state index contributed by atoms with van der Waals surface area (Å²) in [5.74, 6) is -0.809. The lowest BCUT2D eigenvalue weighted by molar-refractivity contribution is -0.117. The summed E-state index contributed by atoms with van der Waals surface area (Å²) in [6.45, 7) is 1.56. The average molecular weight is 391 g/mol. The van der Waals surface area contributed by atoms with E-state index in [1.807, 2.05) is 31.2 Å². The zero-order valence-electron chi connectivity index (χ0n) is 15.5. The number of anilines is 2. The predicted molar refractivity (Wildman–Crippen MR) is 103 cm³/mol. The van der Waals surface area contributed by atoms with Crippen LogP contribution in [-0.4, -0.2) is 45.3 Å². The number of benzene rings is 2. The van der Waals surface area contributed by atoms with E-state index < -0.39 is 16.0 Å². The number of halogens is 1. The first-order chi connectivity index (χ1) is 12.7. The number of nitrogens with zero attached hydrogens (tertiary/aromatic N) is 3. The van der Waals surface area contributed by atoms with E-state index in [1.54, 1.807) is 4.90 Å². The third-order valence-corrected chi connectivity index (χ3v) is 6.43. The molecule has 2 aromatic carbocycles. The van der Waals surface area contributed by atoms with Crippen LogP contribution in [0.25, 0.3) is 0 Å². The second kappa shape index (κ2) is 7.28. The van der Waals surface area contributed by atoms with E-state index in [0.717, 1.165) is 26.3 Å². The summed E-state index contributed by atoms with van der Waals surface area (Å²) < 4.78 is 40.9. The van der Waals surface area contributed by atoms with Crippen molar-refractivity contribution < 1.29 is 17.6 Å². The van der Waals surface area contributed by atoms with Crippen LogP contribution in [0.4, 0.5) is 15.8 Å². The van der Waals surface area contributed by atoms with Gasteiger partial charge in [-0.05, 0) is 49.2 Å². The monoisotopic (exact) mass is 391 g/mol. The number of carbonyl (C=O) groups excluding carboxylic acids is 1. The summed E-state index contributed by atoms with van der Waals surface area (Å²) in [5.41, 5.74) is 2.09. The third kappa shape index (κ3) is 3.68. The molecular formula is C19H22FN3O3S. The molecule has 0 spiro atoms. The molecule has 1 unspecified atom stereocenters. The Kier molecular flexibility index (Phi) is 5.21. The maximum atomic E-state index is 13.3. The lowest BCUT2D eigenvalue weighted by Crippen LogP contribution is -2.48. The normalized spacial score (nSPS) is 16.5. The zero-order valence-corrected chi connectivity index (χ0v) is 16.3. The Morgan fingerprint density at radius 2 is 1.78 bits per heavy atom. The topological polar surface area (TPSA) is 60.9 Å². The fraction of sp³-hybridized carbons (Fsp3) is 0.316. The van der Waals surface area contributed by atoms with Gasteiger partial charge in [-0.1, -0.05) is 18.2 Å². The quantitative estimate of drug-likeness (QED) is 0.786. The summed E-state index contributed by atoms with van der Waals surface area (Å²) in [4.78, 5) is 14.7. The van der Waals surface area contributed by atoms with Gasteiger partial charge in [0.2, 0.25) is 5.91 Å². The van der Waals surface area contributed by atoms with Gasteiger partial charge in [0.15, 0.2) is 0 Å². The Morgan fingerprint density at radius 1 is 1.15 bits per heavy atom. The maximum absolute atomic E-state index is 13.3. The van der Waals surface area contributed by atoms with Gasteiger partial charge in [0.25, 0.3) is 0 Å². The third-order valence-electron chi connectivity index (χ3n) is 4.61. The number of amides is 1. The molecule has 3 rings (SSSR count). The van der Waals surface area contributed by atoms with E-state index in [4.69, 9.17) is 0 Å². The van der Waals surface area contributed by atoms with Crippen molar-refractivity contribution in [2.45, 2.75) is 19.4 Å². The first-order valence-electron chi connectivity index (χ1n) is 8.57. The molecule has 0 N–H and O–H groups in total. The highest BCUT2D eigenvalue weighted by Gasteiger charge is 2.34. The highest BCUT2D eigenvalue weighted by atomic mass is 32.2. The van der Waals surface area contributed by atoms with E-state index in [1.165, 1.54) is 38.4 Å². The molecule has 0 aliphatic carbocycles. The van der Waals surface area contributed by atoms with E-state index in [-0.39, 0.29) is 24.2 Å². The zero-order chi connectivity index (χ0) is 19.8. The van der Waals surface area contributed by atoms with E-state index in [0.29, 0.717) is 0 Å². The average Bonchev–Trinajstić information content (AvgIpc) is 2.96. The van der Waals surface area contributed by atoms with Crippen LogP contribution in [0, 0.1) is 5.82 Å². The summed E-state index contributed by atoms with van der Waals surface area (Å²) >= 11 is 0. The van der Waals surface area contributed by atoms with Gasteiger partial charge in [-0.25, -0.2) is 8.70 Å². The van der Waals surface area contributed by atoms with Crippen LogP contribution in [0.3, 0.4) is 0 Å². The lowest BCUT2D eigenvalue weighted by Gasteiger charge is -2.30. The highest BCUT2D eigenvalue weighted by molar-refractivity contribution is 7.90. The SMILES string of the molecule is CC1Cc2ccccc2N1C(=O)CN(c1ccc(F)cc1)S(=O)(=O)N(C)C. The van der Waals surface area contributed by atoms with Crippen molar-refractivity contribution in [3.8, 4) is 0 Å². The molecule has 0 aromatic heterocycles. The van der Waals surface area contributed by atoms with E-state index in [2.05, 4.69) is 0 Å². The second-order valence-electron chi connectivity index (χ2n) is 6.72. The molecule has 1 amide bonds. The van der Waals surface area contributed by atoms with Gasteiger partial charge in [-0.2, -0.15) is 12.7 Å². The minimum atomic E-state index is -3.93. The molecule has 0 saturated heterocycles. The summed E-state index contributed by atoms with van der Waals surface area (Å²) in [6, 6.07) is 12.6. The fourth-order valence-corrected chi connectivity index (χ4v) is 4.31. The first-order valence-corrected chi connectivity index (χ1v) is 9.97. The van der Waals surface area contributed by atoms with Crippen molar-refractivity contribution in [3.05, 3.63) is 59.9 Å². The summed E-state index contributed by atoms with van der Waals surface area (Å²) in [5, 5.41) is 0. The van der Waals surface area contributed by atoms with Crippen molar-refractivity contribution in [2.24, 2.45) is 0 Å². The molecule has 0 fully saturated rings. The van der Waals surface area contributed by atoms with Crippen LogP contribution in [0.15, 0.2) is 48.5 Å². The van der Waals surface area contributed by atoms with Crippen LogP contribution in [0.2, 0.25) is 0 Å². The van der Waals surface area contributed by atoms with Crippen molar-refractivity contribution in [2.75, 3.05) is 29.8 Å². The lowest BCUT2D eigenvalue weighted by atomic mass is 10.1. The molecule has 8 heteroatoms. The van der Waals surface area contributed by atoms with Crippen LogP contribution in [-0.2, 0) is 21.4 Å². The molecule has 0 saturated carbocycles. The number of fused-ring (bicyclic) bond motifs is 1. The van der Waals surface area contributed by atoms with Gasteiger partial charge >= 0.3 is 10.2 Å². The highest BCUT2D eigenvalue weighted by Crippen LogP contribution is 2.32. The molecule has 6 nitrogen and oxygen atoms in total. The van der Waals surface area contributed by atoms with Gasteiger partial charge < -0.3 is 4.90 Å². The molecule has 2 aromatic rings. The van der Waals surface area contributed by atoms with Crippen LogP contribution in [0.1, 0.15) is 12.5 Å². The maximum Gasteiger partial charge on any atom is 0.304 e. The molecule has 0 bridgehead atoms. The standard InChI is InChI=1S/C19H22FN3O3S/c1-14-12-15-6-4-5-7-18(15)23(14)19(24)13-22(27(25,26)21(2)3)17-10-8-16(20)9-11-17/h4-11,14H,12-13H2,1-3H3. The molecule has 144 valence electrons. The Morgan fingerprint density at radius 3 is 2.41 bits per heavy atom. The number of rotatable bonds is 5. The van der Waals surface area contributed by atoms with Crippen molar-refractivity contribution in [1.82, 2.24) is 4.31 Å². The first kappa shape index (κ1) is 19.3. The number of carbonyl (C=O) groups is 1. The molecule has 1 heterocycles. The minimum absolute atomic E-state index is 0.0629. The number of para-hydroxylation sites is 1. The number of hydrogen-bond acceptors (Lipinski definition) is 3. The summed E-state index contributed by atoms with van der Waals surface area (Å²) in [7, 11) is -1.14. The van der Waals surface area contributed by atoms with E-state index >= 15 is 0 Å².